The van der Waals surface area contributed by atoms with Crippen molar-refractivity contribution in [1.82, 2.24) is 5.32 Å². The molecule has 2 amide bonds. The first kappa shape index (κ1) is 21.6. The number of nitrogens with one attached hydrogen (secondary N) is 1. The van der Waals surface area contributed by atoms with Crippen molar-refractivity contribution in [3.8, 4) is 5.75 Å². The number of rotatable bonds is 6. The standard InChI is InChI=1S/C27H28N2O3/c1-18-6-4-5-7-22(18)16-26(30)28-17-20-8-9-23-14-19(2)29(25(23)15-20)27(31)21-10-12-24(32-3)13-11-21/h4-13,15,19H,14,16-17H2,1-3H3,(H,28,30). The zero-order valence-corrected chi connectivity index (χ0v) is 18.7. The van der Waals surface area contributed by atoms with Crippen molar-refractivity contribution in [2.24, 2.45) is 0 Å². The zero-order valence-electron chi connectivity index (χ0n) is 18.7. The lowest BCUT2D eigenvalue weighted by Gasteiger charge is -2.23. The van der Waals surface area contributed by atoms with Crippen LogP contribution in [0, 0.1) is 6.92 Å². The number of carbonyl (C=O) groups is 2. The number of anilines is 1. The second-order valence-electron chi connectivity index (χ2n) is 8.30. The van der Waals surface area contributed by atoms with E-state index in [-0.39, 0.29) is 17.9 Å². The van der Waals surface area contributed by atoms with E-state index < -0.39 is 0 Å². The molecule has 0 radical (unpaired) electrons. The van der Waals surface area contributed by atoms with Crippen LogP contribution in [0.15, 0.2) is 66.7 Å². The second-order valence-corrected chi connectivity index (χ2v) is 8.30. The Bertz CT molecular complexity index is 1140. The van der Waals surface area contributed by atoms with E-state index in [1.165, 1.54) is 0 Å². The fourth-order valence-electron chi connectivity index (χ4n) is 4.19. The first-order chi connectivity index (χ1) is 15.5. The summed E-state index contributed by atoms with van der Waals surface area (Å²) in [6, 6.07) is 21.3. The van der Waals surface area contributed by atoms with E-state index in [4.69, 9.17) is 4.74 Å². The van der Waals surface area contributed by atoms with Crippen molar-refractivity contribution in [1.29, 1.82) is 0 Å². The number of hydrogen-bond acceptors (Lipinski definition) is 3. The normalized spacial score (nSPS) is 14.7. The SMILES string of the molecule is COc1ccc(C(=O)N2c3cc(CNC(=O)Cc4ccccc4C)ccc3CC2C)cc1. The fourth-order valence-corrected chi connectivity index (χ4v) is 4.19. The molecule has 1 aliphatic heterocycles. The van der Waals surface area contributed by atoms with Crippen LogP contribution < -0.4 is 15.0 Å². The summed E-state index contributed by atoms with van der Waals surface area (Å²) in [6.07, 6.45) is 1.17. The maximum Gasteiger partial charge on any atom is 0.258 e. The third kappa shape index (κ3) is 4.52. The second kappa shape index (κ2) is 9.27. The number of hydrogen-bond donors (Lipinski definition) is 1. The van der Waals surface area contributed by atoms with Gasteiger partial charge >= 0.3 is 0 Å². The molecule has 0 spiro atoms. The van der Waals surface area contributed by atoms with Gasteiger partial charge in [-0.2, -0.15) is 0 Å². The van der Waals surface area contributed by atoms with Crippen molar-refractivity contribution in [2.45, 2.75) is 39.3 Å². The monoisotopic (exact) mass is 428 g/mol. The van der Waals surface area contributed by atoms with Gasteiger partial charge in [-0.3, -0.25) is 9.59 Å². The van der Waals surface area contributed by atoms with Gasteiger partial charge in [0, 0.05) is 23.8 Å². The molecule has 5 heteroatoms. The fraction of sp³-hybridized carbons (Fsp3) is 0.259. The van der Waals surface area contributed by atoms with Crippen LogP contribution in [0.2, 0.25) is 0 Å². The van der Waals surface area contributed by atoms with Gasteiger partial charge in [0.1, 0.15) is 5.75 Å². The van der Waals surface area contributed by atoms with E-state index >= 15 is 0 Å². The Morgan fingerprint density at radius 1 is 1.06 bits per heavy atom. The summed E-state index contributed by atoms with van der Waals surface area (Å²) in [5.41, 5.74) is 5.81. The molecule has 0 bridgehead atoms. The molecular formula is C27H28N2O3. The van der Waals surface area contributed by atoms with E-state index in [9.17, 15) is 9.59 Å². The van der Waals surface area contributed by atoms with Gasteiger partial charge < -0.3 is 15.0 Å². The predicted octanol–water partition coefficient (Wildman–Crippen LogP) is 4.45. The van der Waals surface area contributed by atoms with Gasteiger partial charge in [0.05, 0.1) is 13.5 Å². The Kier molecular flexibility index (Phi) is 6.26. The van der Waals surface area contributed by atoms with Crippen LogP contribution in [0.5, 0.6) is 5.75 Å². The van der Waals surface area contributed by atoms with Crippen LogP contribution in [-0.4, -0.2) is 25.0 Å². The lowest BCUT2D eigenvalue weighted by molar-refractivity contribution is -0.120. The molecule has 0 aliphatic carbocycles. The number of nitrogens with zero attached hydrogens (tertiary/aromatic N) is 1. The van der Waals surface area contributed by atoms with E-state index in [0.717, 1.165) is 40.1 Å². The summed E-state index contributed by atoms with van der Waals surface area (Å²) >= 11 is 0. The Balaban J connectivity index is 1.47. The molecule has 3 aromatic carbocycles. The van der Waals surface area contributed by atoms with E-state index in [1.807, 2.05) is 48.2 Å². The van der Waals surface area contributed by atoms with Gasteiger partial charge in [0.25, 0.3) is 5.91 Å². The highest BCUT2D eigenvalue weighted by atomic mass is 16.5. The van der Waals surface area contributed by atoms with Gasteiger partial charge in [0.15, 0.2) is 0 Å². The molecule has 1 aliphatic rings. The number of methoxy groups -OCH3 is 1. The molecule has 4 rings (SSSR count). The topological polar surface area (TPSA) is 58.6 Å². The summed E-state index contributed by atoms with van der Waals surface area (Å²) < 4.78 is 5.20. The van der Waals surface area contributed by atoms with Gasteiger partial charge in [0.2, 0.25) is 5.91 Å². The molecule has 0 saturated heterocycles. The van der Waals surface area contributed by atoms with Gasteiger partial charge in [-0.15, -0.1) is 0 Å². The summed E-state index contributed by atoms with van der Waals surface area (Å²) in [5, 5.41) is 3.01. The van der Waals surface area contributed by atoms with E-state index in [0.29, 0.717) is 18.5 Å². The van der Waals surface area contributed by atoms with Crippen LogP contribution in [-0.2, 0) is 24.2 Å². The smallest absolute Gasteiger partial charge is 0.258 e. The molecule has 0 fully saturated rings. The number of carbonyl (C=O) groups excluding carboxylic acids is 2. The van der Waals surface area contributed by atoms with E-state index in [1.54, 1.807) is 31.4 Å². The lowest BCUT2D eigenvalue weighted by atomic mass is 10.1. The first-order valence-electron chi connectivity index (χ1n) is 10.9. The summed E-state index contributed by atoms with van der Waals surface area (Å²) in [5.74, 6) is 0.680. The average Bonchev–Trinajstić information content (AvgIpc) is 3.13. The zero-order chi connectivity index (χ0) is 22.7. The van der Waals surface area contributed by atoms with Crippen molar-refractivity contribution in [3.05, 3.63) is 94.5 Å². The minimum Gasteiger partial charge on any atom is -0.497 e. The average molecular weight is 429 g/mol. The van der Waals surface area contributed by atoms with Crippen LogP contribution in [0.3, 0.4) is 0 Å². The molecular weight excluding hydrogens is 400 g/mol. The Labute approximate surface area is 189 Å². The maximum absolute atomic E-state index is 13.2. The Morgan fingerprint density at radius 2 is 1.81 bits per heavy atom. The van der Waals surface area contributed by atoms with Crippen LogP contribution >= 0.6 is 0 Å². The quantitative estimate of drug-likeness (QED) is 0.631. The molecule has 3 aromatic rings. The predicted molar refractivity (Wildman–Crippen MR) is 126 cm³/mol. The minimum atomic E-state index is -0.0281. The molecule has 1 atom stereocenters. The summed E-state index contributed by atoms with van der Waals surface area (Å²) in [6.45, 7) is 4.50. The number of ether oxygens (including phenoxy) is 1. The Hall–Kier alpha value is -3.60. The van der Waals surface area contributed by atoms with Crippen molar-refractivity contribution < 1.29 is 14.3 Å². The Morgan fingerprint density at radius 3 is 2.53 bits per heavy atom. The van der Waals surface area contributed by atoms with Gasteiger partial charge in [-0.1, -0.05) is 36.4 Å². The van der Waals surface area contributed by atoms with Crippen molar-refractivity contribution in [2.75, 3.05) is 12.0 Å². The summed E-state index contributed by atoms with van der Waals surface area (Å²) in [4.78, 5) is 27.6. The molecule has 5 nitrogen and oxygen atoms in total. The molecule has 32 heavy (non-hydrogen) atoms. The number of aryl methyl sites for hydroxylation is 1. The van der Waals surface area contributed by atoms with E-state index in [2.05, 4.69) is 18.3 Å². The van der Waals surface area contributed by atoms with Crippen LogP contribution in [0.25, 0.3) is 0 Å². The lowest BCUT2D eigenvalue weighted by Crippen LogP contribution is -2.35. The van der Waals surface area contributed by atoms with Crippen LogP contribution in [0.1, 0.15) is 39.5 Å². The molecule has 1 heterocycles. The first-order valence-corrected chi connectivity index (χ1v) is 10.9. The number of benzene rings is 3. The number of amides is 2. The highest BCUT2D eigenvalue weighted by Gasteiger charge is 2.31. The minimum absolute atomic E-state index is 0.0145. The van der Waals surface area contributed by atoms with Crippen molar-refractivity contribution in [3.63, 3.8) is 0 Å². The third-order valence-electron chi connectivity index (χ3n) is 6.02. The molecule has 164 valence electrons. The number of fused-ring (bicyclic) bond motifs is 1. The summed E-state index contributed by atoms with van der Waals surface area (Å²) in [7, 11) is 1.61. The van der Waals surface area contributed by atoms with Gasteiger partial charge in [-0.05, 0) is 72.9 Å². The maximum atomic E-state index is 13.2. The molecule has 1 unspecified atom stereocenters. The molecule has 0 aromatic heterocycles. The largest absolute Gasteiger partial charge is 0.497 e. The van der Waals surface area contributed by atoms with Crippen LogP contribution in [0.4, 0.5) is 5.69 Å². The van der Waals surface area contributed by atoms with Gasteiger partial charge in [-0.25, -0.2) is 0 Å². The highest BCUT2D eigenvalue weighted by molar-refractivity contribution is 6.07. The van der Waals surface area contributed by atoms with Crippen molar-refractivity contribution >= 4 is 17.5 Å². The molecule has 0 saturated carbocycles. The third-order valence-corrected chi connectivity index (χ3v) is 6.02. The highest BCUT2D eigenvalue weighted by Crippen LogP contribution is 2.34. The molecule has 1 N–H and O–H groups in total.